The van der Waals surface area contributed by atoms with E-state index in [-0.39, 0.29) is 24.7 Å². The van der Waals surface area contributed by atoms with Gasteiger partial charge in [-0.15, -0.1) is 5.10 Å². The van der Waals surface area contributed by atoms with Crippen LogP contribution >= 0.6 is 0 Å². The van der Waals surface area contributed by atoms with Crippen LogP contribution in [0.2, 0.25) is 0 Å². The number of carbonyl (C=O) groups is 2. The van der Waals surface area contributed by atoms with Crippen LogP contribution < -0.4 is 9.47 Å². The summed E-state index contributed by atoms with van der Waals surface area (Å²) in [7, 11) is 0. The van der Waals surface area contributed by atoms with E-state index in [1.54, 1.807) is 0 Å². The van der Waals surface area contributed by atoms with E-state index in [0.29, 0.717) is 25.1 Å². The van der Waals surface area contributed by atoms with E-state index in [1.807, 2.05) is 49.7 Å². The number of aromatic nitrogens is 2. The van der Waals surface area contributed by atoms with E-state index in [4.69, 9.17) is 28.8 Å². The fourth-order valence-electron chi connectivity index (χ4n) is 4.27. The van der Waals surface area contributed by atoms with Crippen molar-refractivity contribution in [3.8, 4) is 11.6 Å². The summed E-state index contributed by atoms with van der Waals surface area (Å²) < 4.78 is 30.6. The van der Waals surface area contributed by atoms with Crippen LogP contribution in [0, 0.1) is 6.92 Å². The van der Waals surface area contributed by atoms with Gasteiger partial charge in [0.1, 0.15) is 18.5 Å². The fourth-order valence-corrected chi connectivity index (χ4v) is 4.27. The lowest BCUT2D eigenvalue weighted by molar-refractivity contribution is -0.202. The zero-order chi connectivity index (χ0) is 26.4. The molecule has 1 aromatic heterocycles. The fraction of sp³-hybridized carbons (Fsp3) is 0.593. The Bertz CT molecular complexity index is 1030. The van der Waals surface area contributed by atoms with Crippen molar-refractivity contribution in [2.75, 3.05) is 6.61 Å². The molecular weight excluding hydrogens is 464 g/mol. The summed E-state index contributed by atoms with van der Waals surface area (Å²) in [5, 5.41) is 4.74. The van der Waals surface area contributed by atoms with Crippen molar-refractivity contribution >= 4 is 11.9 Å². The maximum absolute atomic E-state index is 11.6. The van der Waals surface area contributed by atoms with Crippen LogP contribution in [-0.2, 0) is 30.2 Å². The first-order valence-electron chi connectivity index (χ1n) is 12.5. The number of rotatable bonds is 10. The maximum Gasteiger partial charge on any atom is 0.302 e. The zero-order valence-corrected chi connectivity index (χ0v) is 22.3. The molecule has 3 unspecified atom stereocenters. The van der Waals surface area contributed by atoms with Crippen molar-refractivity contribution in [3.63, 3.8) is 0 Å². The summed E-state index contributed by atoms with van der Waals surface area (Å²) in [6.45, 7) is 12.9. The molecule has 3 atom stereocenters. The Hall–Kier alpha value is -3.07. The van der Waals surface area contributed by atoms with Gasteiger partial charge in [0.15, 0.2) is 0 Å². The molecule has 0 amide bonds. The summed E-state index contributed by atoms with van der Waals surface area (Å²) >= 11 is 0. The maximum atomic E-state index is 11.6. The molecule has 2 aromatic rings. The Labute approximate surface area is 213 Å². The Kier molecular flexibility index (Phi) is 9.37. The van der Waals surface area contributed by atoms with Crippen LogP contribution in [0.25, 0.3) is 0 Å². The smallest absolute Gasteiger partial charge is 0.302 e. The van der Waals surface area contributed by atoms with Crippen molar-refractivity contribution in [1.29, 1.82) is 0 Å². The van der Waals surface area contributed by atoms with Crippen molar-refractivity contribution in [1.82, 2.24) is 9.78 Å². The molecule has 0 aliphatic carbocycles. The standard InChI is InChI=1S/C27H38N2O7/c1-16(2)29-18(5)25(12-21-8-10-22(11-9-21)33-17(3)4)27(28-29)36-26-14-23(34-20(7)31)13-24(35-26)15-32-19(6)30/h8-11,16-17,23-24,26H,12-15H2,1-7H3. The molecule has 1 aromatic carbocycles. The summed E-state index contributed by atoms with van der Waals surface area (Å²) in [6, 6.07) is 8.14. The summed E-state index contributed by atoms with van der Waals surface area (Å²) in [5.74, 6) is 0.524. The summed E-state index contributed by atoms with van der Waals surface area (Å²) in [5.41, 5.74) is 3.06. The number of nitrogens with zero attached hydrogens (tertiary/aromatic N) is 2. The van der Waals surface area contributed by atoms with Crippen LogP contribution in [0.4, 0.5) is 0 Å². The lowest BCUT2D eigenvalue weighted by Gasteiger charge is -2.34. The quantitative estimate of drug-likeness (QED) is 0.437. The van der Waals surface area contributed by atoms with E-state index in [1.165, 1.54) is 13.8 Å². The van der Waals surface area contributed by atoms with Gasteiger partial charge in [0.25, 0.3) is 0 Å². The van der Waals surface area contributed by atoms with Gasteiger partial charge in [-0.25, -0.2) is 0 Å². The van der Waals surface area contributed by atoms with Crippen molar-refractivity contribution < 1.29 is 33.3 Å². The van der Waals surface area contributed by atoms with Gasteiger partial charge in [0.2, 0.25) is 12.2 Å². The molecule has 9 nitrogen and oxygen atoms in total. The van der Waals surface area contributed by atoms with E-state index in [0.717, 1.165) is 22.6 Å². The second-order valence-electron chi connectivity index (χ2n) is 9.71. The highest BCUT2D eigenvalue weighted by molar-refractivity contribution is 5.66. The molecule has 1 aliphatic rings. The molecule has 0 saturated carbocycles. The molecule has 36 heavy (non-hydrogen) atoms. The molecule has 1 aliphatic heterocycles. The lowest BCUT2D eigenvalue weighted by atomic mass is 10.0. The first-order valence-corrected chi connectivity index (χ1v) is 12.5. The van der Waals surface area contributed by atoms with Gasteiger partial charge < -0.3 is 23.7 Å². The first-order chi connectivity index (χ1) is 17.0. The zero-order valence-electron chi connectivity index (χ0n) is 22.3. The van der Waals surface area contributed by atoms with E-state index < -0.39 is 24.5 Å². The monoisotopic (exact) mass is 502 g/mol. The largest absolute Gasteiger partial charge is 0.491 e. The number of carbonyl (C=O) groups excluding carboxylic acids is 2. The van der Waals surface area contributed by atoms with Crippen LogP contribution in [0.1, 0.15) is 77.2 Å². The number of hydrogen-bond donors (Lipinski definition) is 0. The molecule has 0 radical (unpaired) electrons. The van der Waals surface area contributed by atoms with Crippen LogP contribution in [0.3, 0.4) is 0 Å². The van der Waals surface area contributed by atoms with E-state index >= 15 is 0 Å². The summed E-state index contributed by atoms with van der Waals surface area (Å²) in [6.07, 6.45) is -0.0760. The number of hydrogen-bond acceptors (Lipinski definition) is 8. The highest BCUT2D eigenvalue weighted by Gasteiger charge is 2.34. The van der Waals surface area contributed by atoms with Crippen molar-refractivity contribution in [2.45, 2.75) is 98.4 Å². The molecule has 9 heteroatoms. The van der Waals surface area contributed by atoms with Crippen LogP contribution in [0.15, 0.2) is 24.3 Å². The lowest BCUT2D eigenvalue weighted by Crippen LogP contribution is -2.42. The third-order valence-electron chi connectivity index (χ3n) is 5.78. The van der Waals surface area contributed by atoms with Gasteiger partial charge in [0, 0.05) is 50.4 Å². The minimum atomic E-state index is -0.709. The number of ether oxygens (including phenoxy) is 5. The van der Waals surface area contributed by atoms with Crippen LogP contribution in [0.5, 0.6) is 11.6 Å². The van der Waals surface area contributed by atoms with Gasteiger partial charge in [-0.1, -0.05) is 12.1 Å². The third-order valence-corrected chi connectivity index (χ3v) is 5.78. The molecule has 2 heterocycles. The predicted octanol–water partition coefficient (Wildman–Crippen LogP) is 4.53. The highest BCUT2D eigenvalue weighted by Crippen LogP contribution is 2.31. The Balaban J connectivity index is 1.82. The molecule has 1 fully saturated rings. The Morgan fingerprint density at radius 3 is 2.36 bits per heavy atom. The molecule has 3 rings (SSSR count). The Morgan fingerprint density at radius 2 is 1.78 bits per heavy atom. The van der Waals surface area contributed by atoms with Crippen molar-refractivity contribution in [3.05, 3.63) is 41.1 Å². The molecule has 0 bridgehead atoms. The second kappa shape index (κ2) is 12.3. The first kappa shape index (κ1) is 27.5. The second-order valence-corrected chi connectivity index (χ2v) is 9.71. The Morgan fingerprint density at radius 1 is 1.08 bits per heavy atom. The minimum Gasteiger partial charge on any atom is -0.491 e. The average Bonchev–Trinajstić information content (AvgIpc) is 3.08. The summed E-state index contributed by atoms with van der Waals surface area (Å²) in [4.78, 5) is 22.9. The van der Waals surface area contributed by atoms with E-state index in [9.17, 15) is 9.59 Å². The average molecular weight is 503 g/mol. The molecule has 0 spiro atoms. The van der Waals surface area contributed by atoms with Gasteiger partial charge in [-0.05, 0) is 52.3 Å². The normalized spacial score (nSPS) is 19.9. The molecule has 0 N–H and O–H groups in total. The number of benzene rings is 1. The van der Waals surface area contributed by atoms with E-state index in [2.05, 4.69) is 13.8 Å². The highest BCUT2D eigenvalue weighted by atomic mass is 16.7. The van der Waals surface area contributed by atoms with Gasteiger partial charge in [-0.2, -0.15) is 0 Å². The third kappa shape index (κ3) is 7.71. The molecule has 198 valence electrons. The topological polar surface area (TPSA) is 98.1 Å². The van der Waals surface area contributed by atoms with Crippen molar-refractivity contribution in [2.24, 2.45) is 0 Å². The predicted molar refractivity (Wildman–Crippen MR) is 133 cm³/mol. The SMILES string of the molecule is CC(=O)OCC1CC(OC(C)=O)CC(Oc2nn(C(C)C)c(C)c2Cc2ccc(OC(C)C)cc2)O1. The molecular formula is C27H38N2O7. The molecule has 1 saturated heterocycles. The van der Waals surface area contributed by atoms with Gasteiger partial charge in [-0.3, -0.25) is 14.3 Å². The van der Waals surface area contributed by atoms with Gasteiger partial charge in [0.05, 0.1) is 12.2 Å². The van der Waals surface area contributed by atoms with Gasteiger partial charge >= 0.3 is 11.9 Å². The minimum absolute atomic E-state index is 0.0596. The number of esters is 2. The van der Waals surface area contributed by atoms with Crippen LogP contribution in [-0.4, -0.2) is 52.9 Å².